The molecule has 0 radical (unpaired) electrons. The number of hydrogen-bond acceptors (Lipinski definition) is 1. The highest BCUT2D eigenvalue weighted by atomic mass is 16.3. The van der Waals surface area contributed by atoms with Crippen LogP contribution in [0.2, 0.25) is 0 Å². The zero-order chi connectivity index (χ0) is 8.36. The molecule has 0 aromatic heterocycles. The Labute approximate surface area is 63.8 Å². The van der Waals surface area contributed by atoms with Crippen molar-refractivity contribution < 1.29 is 5.11 Å². The SMILES string of the molecule is C=C(C)C[C@H](O)C(C)(C)C. The summed E-state index contributed by atoms with van der Waals surface area (Å²) in [6.45, 7) is 11.8. The minimum atomic E-state index is -0.259. The van der Waals surface area contributed by atoms with E-state index in [9.17, 15) is 5.11 Å². The highest BCUT2D eigenvalue weighted by Gasteiger charge is 2.21. The van der Waals surface area contributed by atoms with Gasteiger partial charge in [-0.05, 0) is 18.8 Å². The summed E-state index contributed by atoms with van der Waals surface area (Å²) < 4.78 is 0. The van der Waals surface area contributed by atoms with Gasteiger partial charge in [0, 0.05) is 0 Å². The molecule has 1 nitrogen and oxygen atoms in total. The average molecular weight is 142 g/mol. The smallest absolute Gasteiger partial charge is 0.0625 e. The standard InChI is InChI=1S/C9H18O/c1-7(2)6-8(10)9(3,4)5/h8,10H,1,6H2,2-5H3/t8-/m0/s1. The molecule has 0 fully saturated rings. The highest BCUT2D eigenvalue weighted by molar-refractivity contribution is 4.93. The summed E-state index contributed by atoms with van der Waals surface area (Å²) in [5.41, 5.74) is 1.03. The van der Waals surface area contributed by atoms with E-state index < -0.39 is 0 Å². The molecule has 60 valence electrons. The first kappa shape index (κ1) is 9.70. The fourth-order valence-electron chi connectivity index (χ4n) is 0.636. The lowest BCUT2D eigenvalue weighted by molar-refractivity contribution is 0.0637. The molecule has 0 bridgehead atoms. The van der Waals surface area contributed by atoms with Crippen molar-refractivity contribution in [2.75, 3.05) is 0 Å². The van der Waals surface area contributed by atoms with E-state index in [1.165, 1.54) is 0 Å². The van der Waals surface area contributed by atoms with Gasteiger partial charge in [0.05, 0.1) is 6.10 Å². The monoisotopic (exact) mass is 142 g/mol. The molecule has 0 saturated heterocycles. The summed E-state index contributed by atoms with van der Waals surface area (Å²) in [5.74, 6) is 0. The minimum Gasteiger partial charge on any atom is -0.392 e. The van der Waals surface area contributed by atoms with E-state index >= 15 is 0 Å². The Hall–Kier alpha value is -0.300. The Kier molecular flexibility index (Phi) is 3.10. The Morgan fingerprint density at radius 3 is 2.00 bits per heavy atom. The molecule has 0 aliphatic carbocycles. The van der Waals surface area contributed by atoms with Crippen LogP contribution in [0.25, 0.3) is 0 Å². The lowest BCUT2D eigenvalue weighted by Crippen LogP contribution is -2.25. The summed E-state index contributed by atoms with van der Waals surface area (Å²) in [7, 11) is 0. The van der Waals surface area contributed by atoms with Gasteiger partial charge >= 0.3 is 0 Å². The van der Waals surface area contributed by atoms with Gasteiger partial charge in [-0.15, -0.1) is 6.58 Å². The molecule has 1 atom stereocenters. The van der Waals surface area contributed by atoms with Gasteiger partial charge in [0.2, 0.25) is 0 Å². The van der Waals surface area contributed by atoms with Crippen molar-refractivity contribution in [1.82, 2.24) is 0 Å². The molecule has 1 heteroatoms. The third-order valence-electron chi connectivity index (χ3n) is 1.54. The fraction of sp³-hybridized carbons (Fsp3) is 0.778. The Morgan fingerprint density at radius 2 is 1.90 bits per heavy atom. The van der Waals surface area contributed by atoms with E-state index in [4.69, 9.17) is 0 Å². The van der Waals surface area contributed by atoms with E-state index in [0.29, 0.717) is 6.42 Å². The Balaban J connectivity index is 3.85. The quantitative estimate of drug-likeness (QED) is 0.587. The molecule has 0 heterocycles. The van der Waals surface area contributed by atoms with Gasteiger partial charge in [-0.3, -0.25) is 0 Å². The Morgan fingerprint density at radius 1 is 1.50 bits per heavy atom. The van der Waals surface area contributed by atoms with Gasteiger partial charge < -0.3 is 5.11 Å². The van der Waals surface area contributed by atoms with Crippen LogP contribution in [-0.2, 0) is 0 Å². The third kappa shape index (κ3) is 3.67. The van der Waals surface area contributed by atoms with E-state index in [1.807, 2.05) is 27.7 Å². The van der Waals surface area contributed by atoms with E-state index in [1.54, 1.807) is 0 Å². The first-order valence-corrected chi connectivity index (χ1v) is 3.66. The molecular formula is C9H18O. The molecular weight excluding hydrogens is 124 g/mol. The molecule has 0 unspecified atom stereocenters. The van der Waals surface area contributed by atoms with Crippen LogP contribution in [-0.4, -0.2) is 11.2 Å². The van der Waals surface area contributed by atoms with Gasteiger partial charge in [-0.1, -0.05) is 26.3 Å². The second-order valence-corrected chi connectivity index (χ2v) is 4.04. The second kappa shape index (κ2) is 3.20. The van der Waals surface area contributed by atoms with Crippen LogP contribution in [0, 0.1) is 5.41 Å². The van der Waals surface area contributed by atoms with Gasteiger partial charge in [-0.2, -0.15) is 0 Å². The van der Waals surface area contributed by atoms with Crippen molar-refractivity contribution in [2.45, 2.75) is 40.2 Å². The topological polar surface area (TPSA) is 20.2 Å². The normalized spacial score (nSPS) is 14.9. The van der Waals surface area contributed by atoms with Crippen molar-refractivity contribution in [3.05, 3.63) is 12.2 Å². The molecule has 0 aliphatic heterocycles. The van der Waals surface area contributed by atoms with Crippen molar-refractivity contribution in [3.8, 4) is 0 Å². The second-order valence-electron chi connectivity index (χ2n) is 4.04. The van der Waals surface area contributed by atoms with Crippen LogP contribution in [0.4, 0.5) is 0 Å². The zero-order valence-corrected chi connectivity index (χ0v) is 7.44. The molecule has 0 saturated carbocycles. The molecule has 0 amide bonds. The minimum absolute atomic E-state index is 0.0149. The van der Waals surface area contributed by atoms with Gasteiger partial charge in [0.15, 0.2) is 0 Å². The first-order chi connectivity index (χ1) is 4.34. The highest BCUT2D eigenvalue weighted by Crippen LogP contribution is 2.23. The van der Waals surface area contributed by atoms with Crippen LogP contribution in [0.3, 0.4) is 0 Å². The van der Waals surface area contributed by atoms with Crippen molar-refractivity contribution in [3.63, 3.8) is 0 Å². The predicted molar refractivity (Wildman–Crippen MR) is 44.9 cm³/mol. The molecule has 0 aromatic rings. The number of aliphatic hydroxyl groups excluding tert-OH is 1. The molecule has 10 heavy (non-hydrogen) atoms. The van der Waals surface area contributed by atoms with Crippen LogP contribution in [0.1, 0.15) is 34.1 Å². The van der Waals surface area contributed by atoms with Crippen LogP contribution in [0.15, 0.2) is 12.2 Å². The van der Waals surface area contributed by atoms with Crippen molar-refractivity contribution in [2.24, 2.45) is 5.41 Å². The molecule has 0 aliphatic rings. The number of rotatable bonds is 2. The third-order valence-corrected chi connectivity index (χ3v) is 1.54. The van der Waals surface area contributed by atoms with Crippen LogP contribution in [0.5, 0.6) is 0 Å². The number of aliphatic hydroxyl groups is 1. The Bertz CT molecular complexity index is 119. The number of hydrogen-bond donors (Lipinski definition) is 1. The lowest BCUT2D eigenvalue weighted by Gasteiger charge is -2.25. The van der Waals surface area contributed by atoms with Gasteiger partial charge in [0.1, 0.15) is 0 Å². The van der Waals surface area contributed by atoms with Crippen molar-refractivity contribution in [1.29, 1.82) is 0 Å². The summed E-state index contributed by atoms with van der Waals surface area (Å²) in [6.07, 6.45) is 0.453. The van der Waals surface area contributed by atoms with E-state index in [0.717, 1.165) is 5.57 Å². The summed E-state index contributed by atoms with van der Waals surface area (Å²) in [5, 5.41) is 9.50. The van der Waals surface area contributed by atoms with Crippen LogP contribution >= 0.6 is 0 Å². The molecule has 0 spiro atoms. The summed E-state index contributed by atoms with van der Waals surface area (Å²) in [6, 6.07) is 0. The maximum Gasteiger partial charge on any atom is 0.0625 e. The van der Waals surface area contributed by atoms with E-state index in [2.05, 4.69) is 6.58 Å². The largest absolute Gasteiger partial charge is 0.392 e. The molecule has 1 N–H and O–H groups in total. The van der Waals surface area contributed by atoms with Gasteiger partial charge in [0.25, 0.3) is 0 Å². The fourth-order valence-corrected chi connectivity index (χ4v) is 0.636. The average Bonchev–Trinajstić information content (AvgIpc) is 1.60. The zero-order valence-electron chi connectivity index (χ0n) is 7.44. The van der Waals surface area contributed by atoms with Crippen LogP contribution < -0.4 is 0 Å². The van der Waals surface area contributed by atoms with Gasteiger partial charge in [-0.25, -0.2) is 0 Å². The summed E-state index contributed by atoms with van der Waals surface area (Å²) >= 11 is 0. The lowest BCUT2D eigenvalue weighted by atomic mass is 9.86. The summed E-state index contributed by atoms with van der Waals surface area (Å²) in [4.78, 5) is 0. The predicted octanol–water partition coefficient (Wildman–Crippen LogP) is 2.36. The molecule has 0 rings (SSSR count). The first-order valence-electron chi connectivity index (χ1n) is 3.66. The maximum atomic E-state index is 9.50. The maximum absolute atomic E-state index is 9.50. The molecule has 0 aromatic carbocycles. The van der Waals surface area contributed by atoms with Crippen molar-refractivity contribution >= 4 is 0 Å². The van der Waals surface area contributed by atoms with E-state index in [-0.39, 0.29) is 11.5 Å².